The van der Waals surface area contributed by atoms with Crippen molar-refractivity contribution in [2.75, 3.05) is 40.3 Å². The second kappa shape index (κ2) is 7.51. The molecule has 0 radical (unpaired) electrons. The Morgan fingerprint density at radius 3 is 2.54 bits per heavy atom. The maximum Gasteiger partial charge on any atom is 0.0926 e. The van der Waals surface area contributed by atoms with Crippen molar-refractivity contribution < 1.29 is 28.5 Å². The lowest BCUT2D eigenvalue weighted by Gasteiger charge is -2.61. The Balaban J connectivity index is 0.00000192. The van der Waals surface area contributed by atoms with Crippen molar-refractivity contribution >= 4 is 0 Å². The normalized spacial score (nSPS) is 47.9. The highest BCUT2D eigenvalue weighted by molar-refractivity contribution is 5.25. The van der Waals surface area contributed by atoms with Gasteiger partial charge in [0.25, 0.3) is 0 Å². The Bertz CT molecular complexity index is 624. The Morgan fingerprint density at radius 2 is 1.79 bits per heavy atom. The van der Waals surface area contributed by atoms with Gasteiger partial charge in [0.1, 0.15) is 0 Å². The first-order chi connectivity index (χ1) is 12.8. The van der Waals surface area contributed by atoms with Crippen LogP contribution >= 0.6 is 0 Å². The summed E-state index contributed by atoms with van der Waals surface area (Å²) in [6.07, 6.45) is 15.9. The second-order valence-corrected chi connectivity index (χ2v) is 12.0. The number of fused-ring (bicyclic) bond motifs is 5. The third-order valence-corrected chi connectivity index (χ3v) is 10.5. The van der Waals surface area contributed by atoms with Crippen molar-refractivity contribution in [1.29, 1.82) is 0 Å². The third kappa shape index (κ3) is 3.25. The number of allylic oxidation sites excluding steroid dienone is 1. The van der Waals surface area contributed by atoms with Crippen LogP contribution in [-0.4, -0.2) is 55.7 Å². The summed E-state index contributed by atoms with van der Waals surface area (Å²) in [4.78, 5) is 2.61. The topological polar surface area (TPSA) is 3.24 Å². The average molecular weight is 499 g/mol. The minimum Gasteiger partial charge on any atom is -1.00 e. The second-order valence-electron chi connectivity index (χ2n) is 12.0. The van der Waals surface area contributed by atoms with Gasteiger partial charge >= 0.3 is 0 Å². The first-order valence-electron chi connectivity index (χ1n) is 12.1. The molecule has 3 aliphatic carbocycles. The SMILES string of the molecule is CN1CC[C@H]2[C@@H]3CC=C4C[C@@H]([N+]5(C)CCCC5)CC[C@]4(C)[C@H]3CC[C@]2(C)C1.[I-]. The standard InChI is InChI=1S/C25H43N2.HI/c1-24-12-10-23-21(22(24)11-14-26(3)18-24)8-7-19-17-20(9-13-25(19,23)2)27(4)15-5-6-16-27;/h7,20-23H,5-6,8-18H2,1-4H3;1H/q+1;/p-1/t20-,21-,22-,23-,24+,25-;/m0./s1. The summed E-state index contributed by atoms with van der Waals surface area (Å²) in [5.41, 5.74) is 3.01. The summed E-state index contributed by atoms with van der Waals surface area (Å²) < 4.78 is 1.38. The molecule has 2 saturated carbocycles. The molecule has 0 aromatic heterocycles. The average Bonchev–Trinajstić information content (AvgIpc) is 3.07. The van der Waals surface area contributed by atoms with Gasteiger partial charge in [-0.25, -0.2) is 0 Å². The van der Waals surface area contributed by atoms with E-state index in [1.807, 2.05) is 5.57 Å². The van der Waals surface area contributed by atoms with Crippen LogP contribution in [0.25, 0.3) is 0 Å². The summed E-state index contributed by atoms with van der Waals surface area (Å²) in [6.45, 7) is 10.9. The van der Waals surface area contributed by atoms with Crippen LogP contribution in [0.3, 0.4) is 0 Å². The Morgan fingerprint density at radius 1 is 1.04 bits per heavy atom. The van der Waals surface area contributed by atoms with E-state index in [1.165, 1.54) is 88.4 Å². The molecule has 3 heteroatoms. The van der Waals surface area contributed by atoms with E-state index in [9.17, 15) is 0 Å². The van der Waals surface area contributed by atoms with Gasteiger partial charge < -0.3 is 33.4 Å². The van der Waals surface area contributed by atoms with E-state index in [0.717, 1.165) is 23.8 Å². The maximum absolute atomic E-state index is 2.78. The Kier molecular flexibility index (Phi) is 5.80. The number of hydrogen-bond acceptors (Lipinski definition) is 1. The molecule has 5 rings (SSSR count). The minimum atomic E-state index is 0. The zero-order valence-corrected chi connectivity index (χ0v) is 21.0. The van der Waals surface area contributed by atoms with E-state index >= 15 is 0 Å². The van der Waals surface area contributed by atoms with Crippen LogP contribution in [-0.2, 0) is 0 Å². The first kappa shape index (κ1) is 21.6. The van der Waals surface area contributed by atoms with Gasteiger partial charge in [0.05, 0.1) is 26.2 Å². The van der Waals surface area contributed by atoms with Crippen LogP contribution in [0.1, 0.15) is 71.6 Å². The van der Waals surface area contributed by atoms with Crippen molar-refractivity contribution in [2.24, 2.45) is 28.6 Å². The molecule has 2 heterocycles. The quantitative estimate of drug-likeness (QED) is 0.304. The van der Waals surface area contributed by atoms with Crippen molar-refractivity contribution in [3.63, 3.8) is 0 Å². The zero-order valence-electron chi connectivity index (χ0n) is 18.9. The lowest BCUT2D eigenvalue weighted by molar-refractivity contribution is -0.923. The fourth-order valence-corrected chi connectivity index (χ4v) is 8.80. The fraction of sp³-hybridized carbons (Fsp3) is 0.920. The summed E-state index contributed by atoms with van der Waals surface area (Å²) in [5.74, 6) is 2.92. The third-order valence-electron chi connectivity index (χ3n) is 10.5. The van der Waals surface area contributed by atoms with E-state index in [2.05, 4.69) is 38.9 Å². The van der Waals surface area contributed by atoms with Gasteiger partial charge in [0.2, 0.25) is 0 Å². The molecular weight excluding hydrogens is 455 g/mol. The molecule has 28 heavy (non-hydrogen) atoms. The van der Waals surface area contributed by atoms with Crippen LogP contribution < -0.4 is 24.0 Å². The number of rotatable bonds is 1. The molecule has 2 saturated heterocycles. The van der Waals surface area contributed by atoms with Gasteiger partial charge in [-0.2, -0.15) is 0 Å². The van der Waals surface area contributed by atoms with E-state index < -0.39 is 0 Å². The van der Waals surface area contributed by atoms with Gasteiger partial charge in [-0.1, -0.05) is 25.5 Å². The molecule has 0 amide bonds. The summed E-state index contributed by atoms with van der Waals surface area (Å²) >= 11 is 0. The van der Waals surface area contributed by atoms with Crippen molar-refractivity contribution in [2.45, 2.75) is 77.7 Å². The number of quaternary nitrogens is 1. The first-order valence-corrected chi connectivity index (χ1v) is 12.1. The molecule has 160 valence electrons. The highest BCUT2D eigenvalue weighted by Crippen LogP contribution is 2.63. The molecule has 2 nitrogen and oxygen atoms in total. The number of hydrogen-bond donors (Lipinski definition) is 0. The number of likely N-dealkylation sites (tertiary alicyclic amines) is 2. The van der Waals surface area contributed by atoms with Gasteiger partial charge in [-0.05, 0) is 74.3 Å². The minimum absolute atomic E-state index is 0. The van der Waals surface area contributed by atoms with Gasteiger partial charge in [0.15, 0.2) is 0 Å². The van der Waals surface area contributed by atoms with E-state index in [1.54, 1.807) is 0 Å². The zero-order chi connectivity index (χ0) is 18.9. The Hall–Kier alpha value is 0.390. The fourth-order valence-electron chi connectivity index (χ4n) is 8.80. The number of piperidine rings is 1. The molecule has 0 bridgehead atoms. The molecule has 0 N–H and O–H groups in total. The molecule has 6 atom stereocenters. The van der Waals surface area contributed by atoms with Crippen molar-refractivity contribution in [1.82, 2.24) is 4.90 Å². The lowest BCUT2D eigenvalue weighted by Crippen LogP contribution is -3.00. The smallest absolute Gasteiger partial charge is 0.0926 e. The summed E-state index contributed by atoms with van der Waals surface area (Å²) in [5, 5.41) is 0. The predicted octanol–water partition coefficient (Wildman–Crippen LogP) is 2.10. The van der Waals surface area contributed by atoms with Crippen LogP contribution in [0.5, 0.6) is 0 Å². The van der Waals surface area contributed by atoms with Crippen LogP contribution in [0.15, 0.2) is 11.6 Å². The van der Waals surface area contributed by atoms with Crippen molar-refractivity contribution in [3.05, 3.63) is 11.6 Å². The molecule has 0 unspecified atom stereocenters. The molecule has 0 spiro atoms. The summed E-state index contributed by atoms with van der Waals surface area (Å²) in [7, 11) is 4.91. The number of nitrogens with zero attached hydrogens (tertiary/aromatic N) is 2. The molecule has 0 aromatic rings. The van der Waals surface area contributed by atoms with Gasteiger partial charge in [-0.3, -0.25) is 0 Å². The highest BCUT2D eigenvalue weighted by atomic mass is 127. The highest BCUT2D eigenvalue weighted by Gasteiger charge is 2.56. The largest absolute Gasteiger partial charge is 1.00 e. The van der Waals surface area contributed by atoms with Crippen LogP contribution in [0.2, 0.25) is 0 Å². The number of halogens is 1. The molecule has 0 aromatic carbocycles. The van der Waals surface area contributed by atoms with Crippen LogP contribution in [0.4, 0.5) is 0 Å². The molecule has 4 fully saturated rings. The van der Waals surface area contributed by atoms with E-state index in [0.29, 0.717) is 10.8 Å². The van der Waals surface area contributed by atoms with Gasteiger partial charge in [0, 0.05) is 32.2 Å². The van der Waals surface area contributed by atoms with Crippen molar-refractivity contribution in [3.8, 4) is 0 Å². The Labute approximate surface area is 191 Å². The van der Waals surface area contributed by atoms with Crippen LogP contribution in [0, 0.1) is 28.6 Å². The maximum atomic E-state index is 2.78. The predicted molar refractivity (Wildman–Crippen MR) is 114 cm³/mol. The van der Waals surface area contributed by atoms with E-state index in [4.69, 9.17) is 0 Å². The summed E-state index contributed by atoms with van der Waals surface area (Å²) in [6, 6.07) is 0.917. The molecule has 2 aliphatic heterocycles. The van der Waals surface area contributed by atoms with E-state index in [-0.39, 0.29) is 24.0 Å². The monoisotopic (exact) mass is 498 g/mol. The van der Waals surface area contributed by atoms with Gasteiger partial charge in [-0.15, -0.1) is 0 Å². The lowest BCUT2D eigenvalue weighted by atomic mass is 9.46. The molecular formula is C25H43IN2. The molecule has 5 aliphatic rings.